The Morgan fingerprint density at radius 2 is 1.70 bits per heavy atom. The average Bonchev–Trinajstić information content (AvgIpc) is 2.76. The van der Waals surface area contributed by atoms with E-state index >= 15 is 0 Å². The third kappa shape index (κ3) is 4.81. The van der Waals surface area contributed by atoms with Gasteiger partial charge in [0.2, 0.25) is 0 Å². The van der Waals surface area contributed by atoms with Crippen molar-refractivity contribution in [1.29, 1.82) is 0 Å². The average molecular weight is 486 g/mol. The molecule has 30 heavy (non-hydrogen) atoms. The van der Waals surface area contributed by atoms with E-state index in [1.807, 2.05) is 18.6 Å². The summed E-state index contributed by atoms with van der Waals surface area (Å²) in [5.41, 5.74) is 1.82. The molecule has 0 amide bonds. The highest BCUT2D eigenvalue weighted by Crippen LogP contribution is 2.46. The van der Waals surface area contributed by atoms with Crippen LogP contribution in [0.3, 0.4) is 0 Å². The minimum atomic E-state index is 0.354. The largest absolute Gasteiger partial charge is 0.495 e. The molecule has 0 aliphatic heterocycles. The van der Waals surface area contributed by atoms with Crippen LogP contribution in [0.2, 0.25) is 10.0 Å². The fourth-order valence-corrected chi connectivity index (χ4v) is 4.16. The highest BCUT2D eigenvalue weighted by molar-refractivity contribution is 7.98. The van der Waals surface area contributed by atoms with Crippen molar-refractivity contribution in [2.24, 2.45) is 0 Å². The Labute approximate surface area is 193 Å². The van der Waals surface area contributed by atoms with Crippen molar-refractivity contribution in [1.82, 2.24) is 19.7 Å². The first-order chi connectivity index (χ1) is 14.5. The van der Waals surface area contributed by atoms with Crippen LogP contribution in [-0.4, -0.2) is 54.8 Å². The molecule has 0 aliphatic carbocycles. The van der Waals surface area contributed by atoms with Gasteiger partial charge in [0, 0.05) is 36.3 Å². The Hall–Kier alpha value is -1.65. The summed E-state index contributed by atoms with van der Waals surface area (Å²) in [6, 6.07) is 3.51. The second-order valence-corrected chi connectivity index (χ2v) is 8.19. The number of nitrogens with zero attached hydrogens (tertiary/aromatic N) is 3. The predicted octanol–water partition coefficient (Wildman–Crippen LogP) is 5.02. The Kier molecular flexibility index (Phi) is 8.13. The minimum absolute atomic E-state index is 0.354. The van der Waals surface area contributed by atoms with Crippen LogP contribution in [0.5, 0.6) is 11.5 Å². The standard InChI is InChI=1S/C19H21Cl2N5O2S2/c1-27-12-8-13(28-2)16(21)14(15(12)20)11-7-10-9-23-19(29-3)26-17(10)18(25-11)22-5-6-24-30-4/h7-9,24H,5-6H2,1-4H3,(H,22,25). The van der Waals surface area contributed by atoms with Crippen molar-refractivity contribution in [3.63, 3.8) is 0 Å². The fraction of sp³-hybridized carbons (Fsp3) is 0.316. The van der Waals surface area contributed by atoms with Crippen molar-refractivity contribution >= 4 is 63.6 Å². The van der Waals surface area contributed by atoms with Gasteiger partial charge in [-0.25, -0.2) is 15.0 Å². The molecule has 0 unspecified atom stereocenters. The molecule has 2 N–H and O–H groups in total. The summed E-state index contributed by atoms with van der Waals surface area (Å²) in [5, 5.41) is 5.53. The zero-order valence-corrected chi connectivity index (χ0v) is 20.0. The molecule has 0 spiro atoms. The first kappa shape index (κ1) is 23.0. The molecule has 3 aromatic rings. The van der Waals surface area contributed by atoms with E-state index in [1.54, 1.807) is 24.2 Å². The van der Waals surface area contributed by atoms with Gasteiger partial charge in [-0.15, -0.1) is 0 Å². The maximum atomic E-state index is 6.60. The third-order valence-corrected chi connectivity index (χ3v) is 6.03. The predicted molar refractivity (Wildman–Crippen MR) is 128 cm³/mol. The van der Waals surface area contributed by atoms with E-state index in [1.165, 1.54) is 26.0 Å². The molecule has 11 heteroatoms. The van der Waals surface area contributed by atoms with Crippen molar-refractivity contribution in [2.75, 3.05) is 45.1 Å². The Morgan fingerprint density at radius 1 is 1.00 bits per heavy atom. The van der Waals surface area contributed by atoms with Crippen LogP contribution < -0.4 is 19.5 Å². The number of ether oxygens (including phenoxy) is 2. The van der Waals surface area contributed by atoms with Crippen LogP contribution in [-0.2, 0) is 0 Å². The summed E-state index contributed by atoms with van der Waals surface area (Å²) in [7, 11) is 3.07. The van der Waals surface area contributed by atoms with E-state index in [0.29, 0.717) is 50.3 Å². The maximum Gasteiger partial charge on any atom is 0.187 e. The first-order valence-corrected chi connectivity index (χ1v) is 12.1. The third-order valence-electron chi connectivity index (χ3n) is 4.22. The monoisotopic (exact) mass is 485 g/mol. The quantitative estimate of drug-likeness (QED) is 0.188. The van der Waals surface area contributed by atoms with E-state index in [4.69, 9.17) is 37.7 Å². The molecule has 160 valence electrons. The molecule has 3 rings (SSSR count). The van der Waals surface area contributed by atoms with Gasteiger partial charge in [-0.1, -0.05) is 46.9 Å². The Morgan fingerprint density at radius 3 is 2.30 bits per heavy atom. The second kappa shape index (κ2) is 10.6. The molecule has 0 saturated carbocycles. The number of nitrogens with one attached hydrogen (secondary N) is 2. The van der Waals surface area contributed by atoms with Crippen LogP contribution in [0.25, 0.3) is 22.2 Å². The lowest BCUT2D eigenvalue weighted by Crippen LogP contribution is -2.17. The molecule has 1 aromatic carbocycles. The van der Waals surface area contributed by atoms with Crippen molar-refractivity contribution in [3.05, 3.63) is 28.4 Å². The van der Waals surface area contributed by atoms with Crippen LogP contribution in [0.15, 0.2) is 23.5 Å². The number of benzene rings is 1. The van der Waals surface area contributed by atoms with Gasteiger partial charge < -0.3 is 14.8 Å². The summed E-state index contributed by atoms with van der Waals surface area (Å²) >= 11 is 16.2. The molecule has 2 heterocycles. The summed E-state index contributed by atoms with van der Waals surface area (Å²) in [4.78, 5) is 13.8. The highest BCUT2D eigenvalue weighted by atomic mass is 35.5. The second-order valence-electron chi connectivity index (χ2n) is 5.96. The Bertz CT molecular complexity index is 1030. The molecular formula is C19H21Cl2N5O2S2. The maximum absolute atomic E-state index is 6.60. The lowest BCUT2D eigenvalue weighted by Gasteiger charge is -2.16. The summed E-state index contributed by atoms with van der Waals surface area (Å²) in [6.45, 7) is 1.41. The van der Waals surface area contributed by atoms with Crippen LogP contribution in [0, 0.1) is 0 Å². The van der Waals surface area contributed by atoms with E-state index < -0.39 is 0 Å². The molecule has 7 nitrogen and oxygen atoms in total. The topological polar surface area (TPSA) is 81.2 Å². The number of rotatable bonds is 9. The van der Waals surface area contributed by atoms with Gasteiger partial charge in [0.05, 0.1) is 30.0 Å². The first-order valence-electron chi connectivity index (χ1n) is 8.85. The normalized spacial score (nSPS) is 11.0. The number of aromatic nitrogens is 3. The number of pyridine rings is 1. The van der Waals surface area contributed by atoms with E-state index in [9.17, 15) is 0 Å². The molecular weight excluding hydrogens is 465 g/mol. The number of halogens is 2. The molecule has 0 atom stereocenters. The van der Waals surface area contributed by atoms with Gasteiger partial charge in [-0.05, 0) is 18.6 Å². The van der Waals surface area contributed by atoms with Crippen molar-refractivity contribution in [2.45, 2.75) is 5.16 Å². The van der Waals surface area contributed by atoms with Gasteiger partial charge in [-0.3, -0.25) is 4.72 Å². The van der Waals surface area contributed by atoms with E-state index in [-0.39, 0.29) is 0 Å². The number of hydrogen-bond donors (Lipinski definition) is 2. The smallest absolute Gasteiger partial charge is 0.187 e. The number of methoxy groups -OCH3 is 2. The summed E-state index contributed by atoms with van der Waals surface area (Å²) in [6.07, 6.45) is 5.68. The molecule has 0 saturated heterocycles. The summed E-state index contributed by atoms with van der Waals surface area (Å²) < 4.78 is 14.0. The van der Waals surface area contributed by atoms with Crippen molar-refractivity contribution in [3.8, 4) is 22.8 Å². The van der Waals surface area contributed by atoms with Crippen LogP contribution >= 0.6 is 46.9 Å². The summed E-state index contributed by atoms with van der Waals surface area (Å²) in [5.74, 6) is 1.52. The molecule has 2 aromatic heterocycles. The molecule has 0 fully saturated rings. The number of hydrogen-bond acceptors (Lipinski definition) is 9. The molecule has 0 aliphatic rings. The van der Waals surface area contributed by atoms with Crippen molar-refractivity contribution < 1.29 is 9.47 Å². The SMILES string of the molecule is COc1cc(OC)c(Cl)c(-c2cc3cnc(SC)nc3c(NCCNSC)n2)c1Cl. The van der Waals surface area contributed by atoms with Gasteiger partial charge in [-0.2, -0.15) is 0 Å². The minimum Gasteiger partial charge on any atom is -0.495 e. The van der Waals surface area contributed by atoms with E-state index in [0.717, 1.165) is 17.4 Å². The zero-order valence-electron chi connectivity index (χ0n) is 16.9. The lowest BCUT2D eigenvalue weighted by molar-refractivity contribution is 0.395. The molecule has 0 bridgehead atoms. The Balaban J connectivity index is 2.20. The van der Waals surface area contributed by atoms with E-state index in [2.05, 4.69) is 20.0 Å². The fourth-order valence-electron chi connectivity index (χ4n) is 2.82. The van der Waals surface area contributed by atoms with Crippen LogP contribution in [0.4, 0.5) is 5.82 Å². The number of thioether (sulfide) groups is 1. The van der Waals surface area contributed by atoms with Gasteiger partial charge in [0.1, 0.15) is 17.0 Å². The van der Waals surface area contributed by atoms with Gasteiger partial charge >= 0.3 is 0 Å². The zero-order chi connectivity index (χ0) is 21.7. The number of fused-ring (bicyclic) bond motifs is 1. The van der Waals surface area contributed by atoms with Gasteiger partial charge in [0.15, 0.2) is 11.0 Å². The van der Waals surface area contributed by atoms with Gasteiger partial charge in [0.25, 0.3) is 0 Å². The number of anilines is 1. The highest BCUT2D eigenvalue weighted by Gasteiger charge is 2.21. The van der Waals surface area contributed by atoms with Crippen LogP contribution in [0.1, 0.15) is 0 Å². The molecule has 0 radical (unpaired) electrons. The lowest BCUT2D eigenvalue weighted by atomic mass is 10.1.